The number of likely N-dealkylation sites (tertiary alicyclic amines) is 1. The number of benzene rings is 1. The number of imidazole rings is 1. The molecule has 0 radical (unpaired) electrons. The van der Waals surface area contributed by atoms with E-state index < -0.39 is 0 Å². The van der Waals surface area contributed by atoms with Crippen LogP contribution in [0.2, 0.25) is 0 Å². The molecule has 4 rings (SSSR count). The third kappa shape index (κ3) is 4.64. The van der Waals surface area contributed by atoms with Gasteiger partial charge in [-0.25, -0.2) is 4.98 Å². The third-order valence-electron chi connectivity index (χ3n) is 6.09. The summed E-state index contributed by atoms with van der Waals surface area (Å²) in [4.78, 5) is 9.76. The summed E-state index contributed by atoms with van der Waals surface area (Å²) < 4.78 is 2.43. The SMILES string of the molecule is CN(C)CCCCc1ccc2nc3n(c2c1)CC(CN1CCCCC1)CN3. The highest BCUT2D eigenvalue weighted by atomic mass is 15.2. The number of aromatic nitrogens is 2. The second-order valence-corrected chi connectivity index (χ2v) is 8.74. The number of anilines is 1. The number of fused-ring (bicyclic) bond motifs is 3. The number of nitrogens with zero attached hydrogens (tertiary/aromatic N) is 4. The Bertz CT molecular complexity index is 744. The van der Waals surface area contributed by atoms with E-state index in [9.17, 15) is 0 Å². The Hall–Kier alpha value is -1.59. The molecule has 27 heavy (non-hydrogen) atoms. The predicted octanol–water partition coefficient (Wildman–Crippen LogP) is 3.45. The van der Waals surface area contributed by atoms with Crippen molar-refractivity contribution in [1.82, 2.24) is 19.4 Å². The number of aryl methyl sites for hydroxylation is 1. The van der Waals surface area contributed by atoms with E-state index in [-0.39, 0.29) is 0 Å². The van der Waals surface area contributed by atoms with Crippen LogP contribution in [-0.4, -0.2) is 66.2 Å². The molecule has 1 unspecified atom stereocenters. The fourth-order valence-corrected chi connectivity index (χ4v) is 4.59. The zero-order chi connectivity index (χ0) is 18.6. The van der Waals surface area contributed by atoms with Crippen LogP contribution in [0.4, 0.5) is 5.95 Å². The fourth-order valence-electron chi connectivity index (χ4n) is 4.59. The molecule has 0 aliphatic carbocycles. The van der Waals surface area contributed by atoms with E-state index in [1.54, 1.807) is 0 Å². The van der Waals surface area contributed by atoms with Crippen LogP contribution >= 0.6 is 0 Å². The van der Waals surface area contributed by atoms with Crippen LogP contribution in [0, 0.1) is 5.92 Å². The molecule has 148 valence electrons. The minimum atomic E-state index is 0.678. The Kier molecular flexibility index (Phi) is 5.98. The van der Waals surface area contributed by atoms with Crippen molar-refractivity contribution >= 4 is 17.0 Å². The van der Waals surface area contributed by atoms with Gasteiger partial charge in [-0.1, -0.05) is 12.5 Å². The summed E-state index contributed by atoms with van der Waals surface area (Å²) in [6.07, 6.45) is 7.82. The Balaban J connectivity index is 1.43. The Labute approximate surface area is 163 Å². The van der Waals surface area contributed by atoms with E-state index in [0.717, 1.165) is 31.0 Å². The minimum Gasteiger partial charge on any atom is -0.355 e. The molecule has 1 atom stereocenters. The summed E-state index contributed by atoms with van der Waals surface area (Å²) in [5.74, 6) is 1.74. The van der Waals surface area contributed by atoms with Crippen molar-refractivity contribution in [3.8, 4) is 0 Å². The summed E-state index contributed by atoms with van der Waals surface area (Å²) in [5, 5.41) is 3.60. The average Bonchev–Trinajstić information content (AvgIpc) is 3.03. The van der Waals surface area contributed by atoms with Crippen LogP contribution in [0.1, 0.15) is 37.7 Å². The number of nitrogens with one attached hydrogen (secondary N) is 1. The minimum absolute atomic E-state index is 0.678. The van der Waals surface area contributed by atoms with Crippen molar-refractivity contribution in [1.29, 1.82) is 0 Å². The van der Waals surface area contributed by atoms with Crippen LogP contribution in [0.15, 0.2) is 18.2 Å². The summed E-state index contributed by atoms with van der Waals surface area (Å²) in [6.45, 7) is 7.11. The lowest BCUT2D eigenvalue weighted by atomic mass is 10.0. The highest BCUT2D eigenvalue weighted by molar-refractivity contribution is 5.79. The van der Waals surface area contributed by atoms with Crippen LogP contribution in [0.25, 0.3) is 11.0 Å². The van der Waals surface area contributed by atoms with Gasteiger partial charge < -0.3 is 19.7 Å². The van der Waals surface area contributed by atoms with Gasteiger partial charge in [0.1, 0.15) is 0 Å². The average molecular weight is 370 g/mol. The van der Waals surface area contributed by atoms with Crippen molar-refractivity contribution in [3.05, 3.63) is 23.8 Å². The Morgan fingerprint density at radius 3 is 2.81 bits per heavy atom. The molecule has 2 aromatic rings. The zero-order valence-corrected chi connectivity index (χ0v) is 17.1. The molecule has 0 bridgehead atoms. The first-order valence-corrected chi connectivity index (χ1v) is 10.8. The molecule has 1 N–H and O–H groups in total. The first-order valence-electron chi connectivity index (χ1n) is 10.8. The molecule has 1 fully saturated rings. The third-order valence-corrected chi connectivity index (χ3v) is 6.09. The van der Waals surface area contributed by atoms with Gasteiger partial charge in [-0.15, -0.1) is 0 Å². The van der Waals surface area contributed by atoms with E-state index in [0.29, 0.717) is 5.92 Å². The quantitative estimate of drug-likeness (QED) is 0.759. The van der Waals surface area contributed by atoms with Gasteiger partial charge in [0, 0.05) is 25.6 Å². The Morgan fingerprint density at radius 2 is 2.00 bits per heavy atom. The van der Waals surface area contributed by atoms with Gasteiger partial charge in [-0.2, -0.15) is 0 Å². The lowest BCUT2D eigenvalue weighted by molar-refractivity contribution is 0.188. The second kappa shape index (κ2) is 8.61. The van der Waals surface area contributed by atoms with E-state index in [4.69, 9.17) is 4.98 Å². The molecule has 5 heteroatoms. The zero-order valence-electron chi connectivity index (χ0n) is 17.1. The Morgan fingerprint density at radius 1 is 1.15 bits per heavy atom. The van der Waals surface area contributed by atoms with Crippen molar-refractivity contribution in [2.75, 3.05) is 52.1 Å². The molecule has 0 amide bonds. The molecular formula is C22H35N5. The molecule has 1 aromatic carbocycles. The van der Waals surface area contributed by atoms with E-state index >= 15 is 0 Å². The van der Waals surface area contributed by atoms with Gasteiger partial charge in [-0.3, -0.25) is 0 Å². The number of hydrogen-bond donors (Lipinski definition) is 1. The van der Waals surface area contributed by atoms with Gasteiger partial charge in [0.05, 0.1) is 11.0 Å². The molecule has 0 spiro atoms. The number of hydrogen-bond acceptors (Lipinski definition) is 4. The number of unbranched alkanes of at least 4 members (excludes halogenated alkanes) is 1. The van der Waals surface area contributed by atoms with E-state index in [1.165, 1.54) is 69.4 Å². The first-order chi connectivity index (χ1) is 13.2. The molecule has 2 aliphatic heterocycles. The molecule has 1 saturated heterocycles. The maximum atomic E-state index is 4.83. The largest absolute Gasteiger partial charge is 0.355 e. The van der Waals surface area contributed by atoms with Crippen molar-refractivity contribution < 1.29 is 0 Å². The van der Waals surface area contributed by atoms with E-state index in [1.807, 2.05) is 0 Å². The topological polar surface area (TPSA) is 36.3 Å². The summed E-state index contributed by atoms with van der Waals surface area (Å²) in [6, 6.07) is 6.86. The summed E-state index contributed by atoms with van der Waals surface area (Å²) in [7, 11) is 4.30. The fraction of sp³-hybridized carbons (Fsp3) is 0.682. The maximum Gasteiger partial charge on any atom is 0.203 e. The van der Waals surface area contributed by atoms with Gasteiger partial charge in [0.25, 0.3) is 0 Å². The van der Waals surface area contributed by atoms with Gasteiger partial charge in [-0.05, 0) is 83.5 Å². The molecule has 2 aliphatic rings. The van der Waals surface area contributed by atoms with Crippen LogP contribution < -0.4 is 5.32 Å². The van der Waals surface area contributed by atoms with E-state index in [2.05, 4.69) is 52.0 Å². The van der Waals surface area contributed by atoms with Crippen molar-refractivity contribution in [2.24, 2.45) is 5.92 Å². The molecule has 5 nitrogen and oxygen atoms in total. The lowest BCUT2D eigenvalue weighted by Gasteiger charge is -2.33. The summed E-state index contributed by atoms with van der Waals surface area (Å²) >= 11 is 0. The van der Waals surface area contributed by atoms with Crippen molar-refractivity contribution in [3.63, 3.8) is 0 Å². The molecular weight excluding hydrogens is 334 g/mol. The first kappa shape index (κ1) is 18.8. The maximum absolute atomic E-state index is 4.83. The van der Waals surface area contributed by atoms with Crippen LogP contribution in [0.5, 0.6) is 0 Å². The monoisotopic (exact) mass is 369 g/mol. The normalized spacial score (nSPS) is 20.8. The molecule has 3 heterocycles. The van der Waals surface area contributed by atoms with Gasteiger partial charge in [0.15, 0.2) is 0 Å². The van der Waals surface area contributed by atoms with Crippen molar-refractivity contribution in [2.45, 2.75) is 45.1 Å². The number of piperidine rings is 1. The highest BCUT2D eigenvalue weighted by Gasteiger charge is 2.24. The van der Waals surface area contributed by atoms with Gasteiger partial charge >= 0.3 is 0 Å². The molecule has 0 saturated carbocycles. The van der Waals surface area contributed by atoms with Gasteiger partial charge in [0.2, 0.25) is 5.95 Å². The highest BCUT2D eigenvalue weighted by Crippen LogP contribution is 2.27. The van der Waals surface area contributed by atoms with Crippen LogP contribution in [0.3, 0.4) is 0 Å². The van der Waals surface area contributed by atoms with Crippen LogP contribution in [-0.2, 0) is 13.0 Å². The predicted molar refractivity (Wildman–Crippen MR) is 113 cm³/mol. The summed E-state index contributed by atoms with van der Waals surface area (Å²) in [5.41, 5.74) is 3.89. The second-order valence-electron chi connectivity index (χ2n) is 8.74. The molecule has 1 aromatic heterocycles. The smallest absolute Gasteiger partial charge is 0.203 e. The standard InChI is InChI=1S/C22H35N5/c1-25(2)11-7-4-8-18-9-10-20-21(14-18)27-17-19(15-23-22(27)24-20)16-26-12-5-3-6-13-26/h9-10,14,19H,3-8,11-13,15-17H2,1-2H3,(H,23,24). The lowest BCUT2D eigenvalue weighted by Crippen LogP contribution is -2.40. The number of rotatable bonds is 7.